The maximum Gasteiger partial charge on any atom is 0.162 e. The second-order valence-electron chi connectivity index (χ2n) is 6.62. The normalized spacial score (nSPS) is 12.8. The van der Waals surface area contributed by atoms with Crippen LogP contribution >= 0.6 is 0 Å². The number of benzene rings is 3. The summed E-state index contributed by atoms with van der Waals surface area (Å²) in [5.74, 6) is 1.47. The molecular formula is C24H24O3. The summed E-state index contributed by atoms with van der Waals surface area (Å²) in [5, 5.41) is 0. The van der Waals surface area contributed by atoms with Gasteiger partial charge in [-0.1, -0.05) is 67.6 Å². The first kappa shape index (κ1) is 18.7. The molecule has 0 spiro atoms. The summed E-state index contributed by atoms with van der Waals surface area (Å²) in [7, 11) is 0. The summed E-state index contributed by atoms with van der Waals surface area (Å²) in [5.41, 5.74) is 2.86. The van der Waals surface area contributed by atoms with Crippen molar-refractivity contribution in [1.82, 2.24) is 0 Å². The molecule has 3 aromatic rings. The van der Waals surface area contributed by atoms with Crippen LogP contribution in [0.2, 0.25) is 0 Å². The lowest BCUT2D eigenvalue weighted by Gasteiger charge is -2.20. The third-order valence-corrected chi connectivity index (χ3v) is 4.53. The maximum absolute atomic E-state index is 11.2. The fourth-order valence-corrected chi connectivity index (χ4v) is 2.88. The molecule has 3 rings (SSSR count). The third-order valence-electron chi connectivity index (χ3n) is 4.53. The fourth-order valence-electron chi connectivity index (χ4n) is 2.88. The highest BCUT2D eigenvalue weighted by Crippen LogP contribution is 2.33. The molecule has 0 aliphatic rings. The van der Waals surface area contributed by atoms with Gasteiger partial charge in [0, 0.05) is 11.5 Å². The number of aldehydes is 1. The molecule has 0 heterocycles. The van der Waals surface area contributed by atoms with E-state index in [4.69, 9.17) is 9.47 Å². The predicted octanol–water partition coefficient (Wildman–Crippen LogP) is 5.82. The summed E-state index contributed by atoms with van der Waals surface area (Å²) in [6.45, 7) is 4.64. The molecule has 0 aromatic heterocycles. The highest BCUT2D eigenvalue weighted by molar-refractivity contribution is 5.76. The van der Waals surface area contributed by atoms with Gasteiger partial charge in [0.1, 0.15) is 12.4 Å². The Morgan fingerprint density at radius 3 is 2.07 bits per heavy atom. The summed E-state index contributed by atoms with van der Waals surface area (Å²) in [6, 6.07) is 25.5. The largest absolute Gasteiger partial charge is 0.489 e. The molecule has 0 bridgehead atoms. The number of hydrogen-bond acceptors (Lipinski definition) is 3. The van der Waals surface area contributed by atoms with Gasteiger partial charge in [0.2, 0.25) is 0 Å². The highest BCUT2D eigenvalue weighted by Gasteiger charge is 2.14. The van der Waals surface area contributed by atoms with Crippen LogP contribution in [-0.2, 0) is 0 Å². The number of carbonyl (C=O) groups is 1. The number of hydrogen-bond donors (Lipinski definition) is 0. The van der Waals surface area contributed by atoms with Gasteiger partial charge in [0.05, 0.1) is 6.61 Å². The molecule has 3 heteroatoms. The quantitative estimate of drug-likeness (QED) is 0.475. The van der Waals surface area contributed by atoms with Crippen molar-refractivity contribution in [2.24, 2.45) is 0 Å². The van der Waals surface area contributed by atoms with Crippen LogP contribution in [0.5, 0.6) is 11.5 Å². The summed E-state index contributed by atoms with van der Waals surface area (Å²) >= 11 is 0. The van der Waals surface area contributed by atoms with Gasteiger partial charge in [-0.15, -0.1) is 0 Å². The molecule has 3 nitrogen and oxygen atoms in total. The Hall–Kier alpha value is -3.07. The van der Waals surface area contributed by atoms with Crippen LogP contribution in [0.25, 0.3) is 0 Å². The van der Waals surface area contributed by atoms with Crippen LogP contribution in [-0.4, -0.2) is 12.9 Å². The van der Waals surface area contributed by atoms with Crippen molar-refractivity contribution >= 4 is 6.29 Å². The Kier molecular flexibility index (Phi) is 6.26. The van der Waals surface area contributed by atoms with Gasteiger partial charge in [-0.2, -0.15) is 0 Å². The number of carbonyl (C=O) groups excluding carboxylic acids is 1. The van der Waals surface area contributed by atoms with E-state index in [1.165, 1.54) is 5.56 Å². The lowest BCUT2D eigenvalue weighted by Crippen LogP contribution is -2.09. The Morgan fingerprint density at radius 2 is 1.44 bits per heavy atom. The molecule has 0 aliphatic heterocycles. The lowest BCUT2D eigenvalue weighted by molar-refractivity contribution is 0.112. The Morgan fingerprint density at radius 1 is 0.815 bits per heavy atom. The molecule has 3 aromatic carbocycles. The van der Waals surface area contributed by atoms with Crippen LogP contribution in [0.15, 0.2) is 78.9 Å². The first-order valence-corrected chi connectivity index (χ1v) is 9.16. The van der Waals surface area contributed by atoms with E-state index >= 15 is 0 Å². The highest BCUT2D eigenvalue weighted by atomic mass is 16.5. The van der Waals surface area contributed by atoms with E-state index in [-0.39, 0.29) is 12.0 Å². The van der Waals surface area contributed by atoms with Crippen molar-refractivity contribution in [2.45, 2.75) is 25.9 Å². The van der Waals surface area contributed by atoms with Gasteiger partial charge in [0.25, 0.3) is 0 Å². The van der Waals surface area contributed by atoms with Crippen LogP contribution in [0.1, 0.15) is 47.4 Å². The minimum atomic E-state index is -0.151. The minimum absolute atomic E-state index is 0.151. The molecule has 0 unspecified atom stereocenters. The van der Waals surface area contributed by atoms with Gasteiger partial charge in [-0.3, -0.25) is 4.79 Å². The summed E-state index contributed by atoms with van der Waals surface area (Å²) in [6.07, 6.45) is 0.665. The van der Waals surface area contributed by atoms with Gasteiger partial charge < -0.3 is 9.47 Å². The van der Waals surface area contributed by atoms with Crippen LogP contribution < -0.4 is 9.47 Å². The molecule has 0 saturated carbocycles. The number of ether oxygens (including phenoxy) is 2. The van der Waals surface area contributed by atoms with Crippen LogP contribution in [0.3, 0.4) is 0 Å². The SMILES string of the molecule is C[C@H](COc1ccc(C=O)cc1O[C@@H](C)c1ccccc1)c1ccccc1. The van der Waals surface area contributed by atoms with E-state index in [1.807, 2.05) is 55.5 Å². The average Bonchev–Trinajstić information content (AvgIpc) is 2.73. The van der Waals surface area contributed by atoms with Gasteiger partial charge in [-0.25, -0.2) is 0 Å². The molecule has 138 valence electrons. The van der Waals surface area contributed by atoms with Crippen LogP contribution in [0.4, 0.5) is 0 Å². The first-order valence-electron chi connectivity index (χ1n) is 9.16. The van der Waals surface area contributed by atoms with E-state index in [0.717, 1.165) is 11.8 Å². The van der Waals surface area contributed by atoms with E-state index in [1.54, 1.807) is 18.2 Å². The molecule has 0 fully saturated rings. The topological polar surface area (TPSA) is 35.5 Å². The van der Waals surface area contributed by atoms with Crippen molar-refractivity contribution in [3.8, 4) is 11.5 Å². The van der Waals surface area contributed by atoms with E-state index in [2.05, 4.69) is 19.1 Å². The Balaban J connectivity index is 1.75. The van der Waals surface area contributed by atoms with Gasteiger partial charge in [0.15, 0.2) is 11.5 Å². The average molecular weight is 360 g/mol. The van der Waals surface area contributed by atoms with E-state index in [9.17, 15) is 4.79 Å². The predicted molar refractivity (Wildman–Crippen MR) is 108 cm³/mol. The minimum Gasteiger partial charge on any atom is -0.489 e. The van der Waals surface area contributed by atoms with Crippen molar-refractivity contribution in [3.63, 3.8) is 0 Å². The number of rotatable bonds is 8. The van der Waals surface area contributed by atoms with Crippen LogP contribution in [0, 0.1) is 0 Å². The molecular weight excluding hydrogens is 336 g/mol. The molecule has 0 N–H and O–H groups in total. The second kappa shape index (κ2) is 9.04. The Bertz CT molecular complexity index is 859. The smallest absolute Gasteiger partial charge is 0.162 e. The van der Waals surface area contributed by atoms with E-state index < -0.39 is 0 Å². The molecule has 0 aliphatic carbocycles. The van der Waals surface area contributed by atoms with Gasteiger partial charge in [-0.05, 0) is 36.2 Å². The van der Waals surface area contributed by atoms with Crippen molar-refractivity contribution in [2.75, 3.05) is 6.61 Å². The molecule has 0 amide bonds. The van der Waals surface area contributed by atoms with Gasteiger partial charge >= 0.3 is 0 Å². The molecule has 0 saturated heterocycles. The molecule has 2 atom stereocenters. The lowest BCUT2D eigenvalue weighted by atomic mass is 10.0. The monoisotopic (exact) mass is 360 g/mol. The first-order chi connectivity index (χ1) is 13.2. The summed E-state index contributed by atoms with van der Waals surface area (Å²) < 4.78 is 12.2. The summed E-state index contributed by atoms with van der Waals surface area (Å²) in [4.78, 5) is 11.2. The Labute approximate surface area is 160 Å². The zero-order valence-corrected chi connectivity index (χ0v) is 15.7. The maximum atomic E-state index is 11.2. The molecule has 27 heavy (non-hydrogen) atoms. The standard InChI is InChI=1S/C24H24O3/c1-18(21-9-5-3-6-10-21)17-26-23-14-13-20(16-25)15-24(23)27-19(2)22-11-7-4-8-12-22/h3-16,18-19H,17H2,1-2H3/t18-,19+/m1/s1. The van der Waals surface area contributed by atoms with E-state index in [0.29, 0.717) is 23.7 Å². The van der Waals surface area contributed by atoms with Crippen molar-refractivity contribution in [3.05, 3.63) is 95.6 Å². The third kappa shape index (κ3) is 4.98. The zero-order chi connectivity index (χ0) is 19.1. The second-order valence-corrected chi connectivity index (χ2v) is 6.62. The van der Waals surface area contributed by atoms with Crippen molar-refractivity contribution in [1.29, 1.82) is 0 Å². The fraction of sp³-hybridized carbons (Fsp3) is 0.208. The van der Waals surface area contributed by atoms with Crippen molar-refractivity contribution < 1.29 is 14.3 Å². The zero-order valence-electron chi connectivity index (χ0n) is 15.7. The molecule has 0 radical (unpaired) electrons.